The molecule has 2 amide bonds. The number of benzene rings is 1. The van der Waals surface area contributed by atoms with Crippen LogP contribution in [0.1, 0.15) is 29.8 Å². The Kier molecular flexibility index (Phi) is 6.33. The number of nitrogens with two attached hydrogens (primary N) is 1. The number of alkyl halides is 3. The molecule has 2 aromatic heterocycles. The van der Waals surface area contributed by atoms with Gasteiger partial charge in [-0.05, 0) is 31.0 Å². The fraction of sp³-hybridized carbons (Fsp3) is 0.364. The quantitative estimate of drug-likeness (QED) is 0.474. The van der Waals surface area contributed by atoms with Crippen LogP contribution in [-0.2, 0) is 25.8 Å². The van der Waals surface area contributed by atoms with E-state index in [1.54, 1.807) is 4.90 Å². The number of fused-ring (bicyclic) bond motifs is 1. The Balaban J connectivity index is 1.43. The Morgan fingerprint density at radius 2 is 2.00 bits per heavy atom. The van der Waals surface area contributed by atoms with E-state index in [9.17, 15) is 18.0 Å². The molecule has 0 spiro atoms. The second-order valence-corrected chi connectivity index (χ2v) is 9.33. The van der Waals surface area contributed by atoms with Crippen LogP contribution in [-0.4, -0.2) is 43.3 Å². The summed E-state index contributed by atoms with van der Waals surface area (Å²) in [6, 6.07) is 3.86. The van der Waals surface area contributed by atoms with Crippen molar-refractivity contribution in [3.63, 3.8) is 0 Å². The summed E-state index contributed by atoms with van der Waals surface area (Å²) in [5.41, 5.74) is 7.02. The van der Waals surface area contributed by atoms with Crippen LogP contribution in [0, 0.1) is 0 Å². The molecule has 9 nitrogen and oxygen atoms in total. The second-order valence-electron chi connectivity index (χ2n) is 8.48. The number of nitrogen functional groups attached to an aromatic ring is 1. The molecule has 190 valence electrons. The van der Waals surface area contributed by atoms with E-state index in [1.165, 1.54) is 12.1 Å². The number of amides is 2. The minimum Gasteiger partial charge on any atom is -0.491 e. The summed E-state index contributed by atoms with van der Waals surface area (Å²) in [4.78, 5) is 22.9. The third-order valence-corrected chi connectivity index (χ3v) is 6.33. The maximum absolute atomic E-state index is 13.2. The van der Waals surface area contributed by atoms with Crippen LogP contribution in [0.2, 0.25) is 10.0 Å². The molecule has 2 aliphatic rings. The highest BCUT2D eigenvalue weighted by atomic mass is 35.5. The molecule has 1 saturated carbocycles. The van der Waals surface area contributed by atoms with Gasteiger partial charge in [-0.3, -0.25) is 4.68 Å². The maximum atomic E-state index is 13.2. The van der Waals surface area contributed by atoms with E-state index < -0.39 is 11.9 Å². The van der Waals surface area contributed by atoms with E-state index in [2.05, 4.69) is 20.4 Å². The smallest absolute Gasteiger partial charge is 0.433 e. The zero-order valence-corrected chi connectivity index (χ0v) is 20.2. The third-order valence-electron chi connectivity index (χ3n) is 5.82. The highest BCUT2D eigenvalue weighted by Crippen LogP contribution is 2.42. The molecule has 1 aromatic carbocycles. The summed E-state index contributed by atoms with van der Waals surface area (Å²) in [6.07, 6.45) is -1.57. The van der Waals surface area contributed by atoms with Crippen LogP contribution in [0.3, 0.4) is 0 Å². The van der Waals surface area contributed by atoms with Gasteiger partial charge in [0.05, 0.1) is 41.6 Å². The van der Waals surface area contributed by atoms with Gasteiger partial charge in [0.2, 0.25) is 5.95 Å². The highest BCUT2D eigenvalue weighted by Gasteiger charge is 2.35. The fourth-order valence-electron chi connectivity index (χ4n) is 4.01. The Morgan fingerprint density at radius 3 is 2.72 bits per heavy atom. The average Bonchev–Trinajstić information content (AvgIpc) is 3.28. The number of carbonyl (C=O) groups excluding carboxylic acids is 1. The van der Waals surface area contributed by atoms with Crippen LogP contribution in [0.15, 0.2) is 24.4 Å². The van der Waals surface area contributed by atoms with Gasteiger partial charge in [-0.2, -0.15) is 18.3 Å². The molecule has 0 bridgehead atoms. The Labute approximate surface area is 213 Å². The molecule has 1 aliphatic heterocycles. The van der Waals surface area contributed by atoms with Gasteiger partial charge in [-0.25, -0.2) is 14.8 Å². The lowest BCUT2D eigenvalue weighted by Gasteiger charge is -2.17. The molecule has 36 heavy (non-hydrogen) atoms. The molecule has 3 heterocycles. The summed E-state index contributed by atoms with van der Waals surface area (Å²) in [6.45, 7) is 0.135. The normalized spacial score (nSPS) is 15.2. The molecule has 0 radical (unpaired) electrons. The number of hydrogen-bond acceptors (Lipinski definition) is 6. The lowest BCUT2D eigenvalue weighted by molar-refractivity contribution is -0.144. The van der Waals surface area contributed by atoms with Crippen molar-refractivity contribution in [2.24, 2.45) is 0 Å². The molecule has 14 heteroatoms. The standard InChI is InChI=1S/C22H20Cl2F3N7O2/c23-11-7-14(24)18(16(8-11)36-6-5-34-17(3-4-29-34)22(25,26)27)19-13-9-33(21(35)30-12-1-2-12)10-15(13)31-20(28)32-19/h3-4,7-8,12H,1-2,5-6,9-10H2,(H,30,35)(H2,28,31,32). The van der Waals surface area contributed by atoms with E-state index in [4.69, 9.17) is 33.7 Å². The SMILES string of the molecule is Nc1nc2c(c(-c3c(Cl)cc(Cl)cc3OCCn3nccc3C(F)(F)F)n1)CN(C(=O)NC1CC1)C2. The van der Waals surface area contributed by atoms with Crippen molar-refractivity contribution in [3.8, 4) is 17.0 Å². The summed E-state index contributed by atoms with van der Waals surface area (Å²) in [5.74, 6) is 0.186. The van der Waals surface area contributed by atoms with Gasteiger partial charge >= 0.3 is 12.2 Å². The largest absolute Gasteiger partial charge is 0.491 e. The van der Waals surface area contributed by atoms with Crippen LogP contribution in [0.4, 0.5) is 23.9 Å². The third kappa shape index (κ3) is 5.00. The predicted molar refractivity (Wildman–Crippen MR) is 125 cm³/mol. The number of carbonyl (C=O) groups is 1. The molecule has 5 rings (SSSR count). The van der Waals surface area contributed by atoms with Crippen LogP contribution >= 0.6 is 23.2 Å². The molecule has 0 atom stereocenters. The Bertz CT molecular complexity index is 1330. The first kappa shape index (κ1) is 24.4. The predicted octanol–water partition coefficient (Wildman–Crippen LogP) is 4.51. The minimum atomic E-state index is -4.54. The first-order valence-electron chi connectivity index (χ1n) is 11.0. The van der Waals surface area contributed by atoms with Gasteiger partial charge in [-0.15, -0.1) is 0 Å². The topological polar surface area (TPSA) is 111 Å². The van der Waals surface area contributed by atoms with Gasteiger partial charge in [0.1, 0.15) is 18.1 Å². The number of urea groups is 1. The number of nitrogens with one attached hydrogen (secondary N) is 1. The summed E-state index contributed by atoms with van der Waals surface area (Å²) >= 11 is 12.7. The molecular formula is C22H20Cl2F3N7O2. The zero-order valence-electron chi connectivity index (χ0n) is 18.6. The van der Waals surface area contributed by atoms with Crippen molar-refractivity contribution < 1.29 is 22.7 Å². The molecule has 0 unspecified atom stereocenters. The van der Waals surface area contributed by atoms with Crippen LogP contribution < -0.4 is 15.8 Å². The Hall–Kier alpha value is -3.25. The fourth-order valence-corrected chi connectivity index (χ4v) is 4.57. The van der Waals surface area contributed by atoms with E-state index in [0.717, 1.165) is 29.8 Å². The first-order chi connectivity index (χ1) is 17.1. The highest BCUT2D eigenvalue weighted by molar-refractivity contribution is 6.37. The molecule has 1 fully saturated rings. The summed E-state index contributed by atoms with van der Waals surface area (Å²) in [5, 5.41) is 7.13. The van der Waals surface area contributed by atoms with E-state index in [0.29, 0.717) is 22.5 Å². The number of hydrogen-bond donors (Lipinski definition) is 2. The minimum absolute atomic E-state index is 0.0171. The monoisotopic (exact) mass is 541 g/mol. The number of halogens is 5. The second kappa shape index (κ2) is 9.32. The van der Waals surface area contributed by atoms with E-state index in [-0.39, 0.29) is 60.1 Å². The van der Waals surface area contributed by atoms with Gasteiger partial charge < -0.3 is 20.7 Å². The van der Waals surface area contributed by atoms with Crippen LogP contribution in [0.5, 0.6) is 5.75 Å². The molecule has 1 aliphatic carbocycles. The molecule has 0 saturated heterocycles. The van der Waals surface area contributed by atoms with Crippen molar-refractivity contribution >= 4 is 35.2 Å². The van der Waals surface area contributed by atoms with Gasteiger partial charge in [0.15, 0.2) is 0 Å². The van der Waals surface area contributed by atoms with Crippen molar-refractivity contribution in [3.05, 3.63) is 51.4 Å². The molecule has 3 N–H and O–H groups in total. The van der Waals surface area contributed by atoms with Crippen molar-refractivity contribution in [1.29, 1.82) is 0 Å². The van der Waals surface area contributed by atoms with E-state index in [1.807, 2.05) is 0 Å². The maximum Gasteiger partial charge on any atom is 0.433 e. The molecular weight excluding hydrogens is 522 g/mol. The van der Waals surface area contributed by atoms with Gasteiger partial charge in [0, 0.05) is 22.8 Å². The van der Waals surface area contributed by atoms with Crippen molar-refractivity contribution in [2.75, 3.05) is 12.3 Å². The number of aromatic nitrogens is 4. The summed E-state index contributed by atoms with van der Waals surface area (Å²) in [7, 11) is 0. The van der Waals surface area contributed by atoms with Crippen molar-refractivity contribution in [1.82, 2.24) is 30.0 Å². The zero-order chi connectivity index (χ0) is 25.6. The lowest BCUT2D eigenvalue weighted by Crippen LogP contribution is -2.37. The number of nitrogens with zero attached hydrogens (tertiary/aromatic N) is 5. The molecule has 3 aromatic rings. The van der Waals surface area contributed by atoms with Gasteiger partial charge in [-0.1, -0.05) is 23.2 Å². The lowest BCUT2D eigenvalue weighted by atomic mass is 10.0. The number of anilines is 1. The van der Waals surface area contributed by atoms with Crippen LogP contribution in [0.25, 0.3) is 11.3 Å². The average molecular weight is 542 g/mol. The first-order valence-corrected chi connectivity index (χ1v) is 11.8. The number of rotatable bonds is 6. The Morgan fingerprint density at radius 1 is 1.22 bits per heavy atom. The van der Waals surface area contributed by atoms with Gasteiger partial charge in [0.25, 0.3) is 0 Å². The van der Waals surface area contributed by atoms with E-state index >= 15 is 0 Å². The number of ether oxygens (including phenoxy) is 1. The van der Waals surface area contributed by atoms with Crippen molar-refractivity contribution in [2.45, 2.75) is 44.7 Å². The summed E-state index contributed by atoms with van der Waals surface area (Å²) < 4.78 is 46.1.